The summed E-state index contributed by atoms with van der Waals surface area (Å²) in [6.45, 7) is 0.316. The number of pyridine rings is 1. The zero-order chi connectivity index (χ0) is 14.4. The molecule has 0 saturated carbocycles. The molecule has 0 fully saturated rings. The van der Waals surface area contributed by atoms with Crippen LogP contribution in [0.1, 0.15) is 11.1 Å². The summed E-state index contributed by atoms with van der Waals surface area (Å²) < 4.78 is 10.8. The molecule has 6 nitrogen and oxygen atoms in total. The van der Waals surface area contributed by atoms with Gasteiger partial charge in [0.1, 0.15) is 12.4 Å². The molecule has 0 radical (unpaired) electrons. The van der Waals surface area contributed by atoms with E-state index in [1.54, 1.807) is 37.6 Å². The van der Waals surface area contributed by atoms with Crippen molar-refractivity contribution in [3.05, 3.63) is 53.7 Å². The molecule has 2 aromatic rings. The van der Waals surface area contributed by atoms with Crippen LogP contribution in [-0.2, 0) is 6.61 Å². The topological polar surface area (TPSA) is 90.0 Å². The summed E-state index contributed by atoms with van der Waals surface area (Å²) in [5.74, 6) is 1.18. The van der Waals surface area contributed by atoms with Gasteiger partial charge in [0.15, 0.2) is 5.84 Å². The van der Waals surface area contributed by atoms with Gasteiger partial charge in [-0.2, -0.15) is 0 Å². The number of rotatable bonds is 5. The molecule has 3 N–H and O–H groups in total. The first-order valence-electron chi connectivity index (χ1n) is 5.93. The second-order valence-corrected chi connectivity index (χ2v) is 3.97. The fourth-order valence-electron chi connectivity index (χ4n) is 1.68. The molecular weight excluding hydrogens is 258 g/mol. The molecular formula is C14H15N3O3. The van der Waals surface area contributed by atoms with Gasteiger partial charge < -0.3 is 20.4 Å². The van der Waals surface area contributed by atoms with Crippen molar-refractivity contribution in [2.45, 2.75) is 6.61 Å². The molecule has 0 aliphatic rings. The summed E-state index contributed by atoms with van der Waals surface area (Å²) in [5.41, 5.74) is 6.95. The third-order valence-corrected chi connectivity index (χ3v) is 2.68. The number of hydrogen-bond donors (Lipinski definition) is 2. The van der Waals surface area contributed by atoms with E-state index in [2.05, 4.69) is 10.1 Å². The van der Waals surface area contributed by atoms with E-state index in [9.17, 15) is 0 Å². The molecule has 20 heavy (non-hydrogen) atoms. The summed E-state index contributed by atoms with van der Waals surface area (Å²) >= 11 is 0. The molecule has 0 aliphatic carbocycles. The van der Waals surface area contributed by atoms with Gasteiger partial charge in [0.2, 0.25) is 5.88 Å². The average molecular weight is 273 g/mol. The number of benzene rings is 1. The molecule has 104 valence electrons. The molecule has 1 aromatic heterocycles. The minimum atomic E-state index is 0.0365. The second kappa shape index (κ2) is 6.42. The van der Waals surface area contributed by atoms with Crippen LogP contribution in [0.3, 0.4) is 0 Å². The van der Waals surface area contributed by atoms with E-state index in [0.29, 0.717) is 23.8 Å². The van der Waals surface area contributed by atoms with Crippen molar-refractivity contribution in [2.24, 2.45) is 10.9 Å². The fraction of sp³-hybridized carbons (Fsp3) is 0.143. The summed E-state index contributed by atoms with van der Waals surface area (Å²) in [4.78, 5) is 4.09. The SMILES string of the molecule is COc1ncccc1COc1cccc(/C(N)=N/O)c1. The normalized spacial score (nSPS) is 11.2. The first-order valence-corrected chi connectivity index (χ1v) is 5.93. The van der Waals surface area contributed by atoms with E-state index >= 15 is 0 Å². The van der Waals surface area contributed by atoms with E-state index in [4.69, 9.17) is 20.4 Å². The van der Waals surface area contributed by atoms with Gasteiger partial charge in [-0.05, 0) is 24.3 Å². The van der Waals surface area contributed by atoms with Crippen LogP contribution in [0, 0.1) is 0 Å². The molecule has 2 rings (SSSR count). The Labute approximate surface area is 116 Å². The minimum absolute atomic E-state index is 0.0365. The predicted molar refractivity (Wildman–Crippen MR) is 74.1 cm³/mol. The van der Waals surface area contributed by atoms with Crippen molar-refractivity contribution in [1.82, 2.24) is 4.98 Å². The Kier molecular flexibility index (Phi) is 4.39. The monoisotopic (exact) mass is 273 g/mol. The number of amidine groups is 1. The van der Waals surface area contributed by atoms with Gasteiger partial charge in [0, 0.05) is 11.8 Å². The molecule has 0 saturated heterocycles. The molecule has 1 aromatic carbocycles. The molecule has 0 atom stereocenters. The molecule has 0 spiro atoms. The van der Waals surface area contributed by atoms with E-state index in [-0.39, 0.29) is 5.84 Å². The van der Waals surface area contributed by atoms with Crippen LogP contribution in [0.25, 0.3) is 0 Å². The van der Waals surface area contributed by atoms with Crippen LogP contribution in [0.2, 0.25) is 0 Å². The van der Waals surface area contributed by atoms with Crippen LogP contribution in [0.4, 0.5) is 0 Å². The fourth-order valence-corrected chi connectivity index (χ4v) is 1.68. The highest BCUT2D eigenvalue weighted by Crippen LogP contribution is 2.18. The molecule has 0 aliphatic heterocycles. The lowest BCUT2D eigenvalue weighted by atomic mass is 10.2. The van der Waals surface area contributed by atoms with Crippen LogP contribution in [-0.4, -0.2) is 23.1 Å². The Morgan fingerprint density at radius 2 is 2.20 bits per heavy atom. The molecule has 6 heteroatoms. The van der Waals surface area contributed by atoms with Crippen LogP contribution < -0.4 is 15.2 Å². The van der Waals surface area contributed by atoms with Gasteiger partial charge >= 0.3 is 0 Å². The quantitative estimate of drug-likeness (QED) is 0.375. The summed E-state index contributed by atoms with van der Waals surface area (Å²) in [7, 11) is 1.56. The van der Waals surface area contributed by atoms with Crippen molar-refractivity contribution in [3.63, 3.8) is 0 Å². The average Bonchev–Trinajstić information content (AvgIpc) is 2.52. The van der Waals surface area contributed by atoms with Crippen LogP contribution in [0.15, 0.2) is 47.8 Å². The molecule has 0 amide bonds. The van der Waals surface area contributed by atoms with E-state index < -0.39 is 0 Å². The first-order chi connectivity index (χ1) is 9.74. The number of hydrogen-bond acceptors (Lipinski definition) is 5. The molecule has 0 bridgehead atoms. The van der Waals surface area contributed by atoms with Gasteiger partial charge in [-0.3, -0.25) is 0 Å². The zero-order valence-electron chi connectivity index (χ0n) is 11.0. The second-order valence-electron chi connectivity index (χ2n) is 3.97. The van der Waals surface area contributed by atoms with E-state index in [1.807, 2.05) is 12.1 Å². The largest absolute Gasteiger partial charge is 0.489 e. The maximum Gasteiger partial charge on any atom is 0.219 e. The van der Waals surface area contributed by atoms with Crippen molar-refractivity contribution in [3.8, 4) is 11.6 Å². The van der Waals surface area contributed by atoms with Crippen molar-refractivity contribution in [1.29, 1.82) is 0 Å². The molecule has 1 heterocycles. The number of aromatic nitrogens is 1. The smallest absolute Gasteiger partial charge is 0.219 e. The van der Waals surface area contributed by atoms with E-state index in [1.165, 1.54) is 0 Å². The van der Waals surface area contributed by atoms with Crippen LogP contribution in [0.5, 0.6) is 11.6 Å². The van der Waals surface area contributed by atoms with Crippen molar-refractivity contribution >= 4 is 5.84 Å². The van der Waals surface area contributed by atoms with E-state index in [0.717, 1.165) is 5.56 Å². The number of oxime groups is 1. The lowest BCUT2D eigenvalue weighted by Crippen LogP contribution is -2.13. The maximum absolute atomic E-state index is 8.65. The predicted octanol–water partition coefficient (Wildman–Crippen LogP) is 1.76. The third-order valence-electron chi connectivity index (χ3n) is 2.68. The Hall–Kier alpha value is -2.76. The van der Waals surface area contributed by atoms with Crippen LogP contribution >= 0.6 is 0 Å². The number of ether oxygens (including phenoxy) is 2. The first kappa shape index (κ1) is 13.7. The highest BCUT2D eigenvalue weighted by molar-refractivity contribution is 5.97. The van der Waals surface area contributed by atoms with Gasteiger partial charge in [0.05, 0.1) is 12.7 Å². The van der Waals surface area contributed by atoms with Gasteiger partial charge in [0.25, 0.3) is 0 Å². The van der Waals surface area contributed by atoms with Crippen molar-refractivity contribution < 1.29 is 14.7 Å². The highest BCUT2D eigenvalue weighted by atomic mass is 16.5. The Morgan fingerprint density at radius 1 is 1.35 bits per heavy atom. The molecule has 0 unspecified atom stereocenters. The number of methoxy groups -OCH3 is 1. The summed E-state index contributed by atoms with van der Waals surface area (Å²) in [6, 6.07) is 10.7. The van der Waals surface area contributed by atoms with Gasteiger partial charge in [-0.1, -0.05) is 17.3 Å². The Bertz CT molecular complexity index is 614. The lowest BCUT2D eigenvalue weighted by Gasteiger charge is -2.09. The van der Waals surface area contributed by atoms with Crippen molar-refractivity contribution in [2.75, 3.05) is 7.11 Å². The number of nitrogens with two attached hydrogens (primary N) is 1. The Morgan fingerprint density at radius 3 is 2.95 bits per heavy atom. The lowest BCUT2D eigenvalue weighted by molar-refractivity contribution is 0.293. The summed E-state index contributed by atoms with van der Waals surface area (Å²) in [6.07, 6.45) is 1.65. The maximum atomic E-state index is 8.65. The Balaban J connectivity index is 2.11. The van der Waals surface area contributed by atoms with Gasteiger partial charge in [-0.15, -0.1) is 0 Å². The summed E-state index contributed by atoms with van der Waals surface area (Å²) in [5, 5.41) is 11.6. The standard InChI is InChI=1S/C14H15N3O3/c1-19-14-11(5-3-7-16-14)9-20-12-6-2-4-10(8-12)13(15)17-18/h2-8,18H,9H2,1H3,(H2,15,17). The number of nitrogens with zero attached hydrogens (tertiary/aromatic N) is 2. The minimum Gasteiger partial charge on any atom is -0.489 e. The highest BCUT2D eigenvalue weighted by Gasteiger charge is 2.05. The third kappa shape index (κ3) is 3.17. The zero-order valence-corrected chi connectivity index (χ0v) is 11.0. The van der Waals surface area contributed by atoms with Gasteiger partial charge in [-0.25, -0.2) is 4.98 Å².